The molecule has 0 radical (unpaired) electrons. The Bertz CT molecular complexity index is 410. The largest absolute Gasteiger partial charge is 0.336 e. The van der Waals surface area contributed by atoms with Crippen LogP contribution in [-0.2, 0) is 0 Å². The van der Waals surface area contributed by atoms with E-state index in [1.807, 2.05) is 24.0 Å². The lowest BCUT2D eigenvalue weighted by molar-refractivity contribution is 0.0680. The first-order valence-electron chi connectivity index (χ1n) is 7.16. The van der Waals surface area contributed by atoms with Gasteiger partial charge in [0.1, 0.15) is 0 Å². The molecule has 0 saturated heterocycles. The molecule has 1 aromatic heterocycles. The number of hydrogen-bond donors (Lipinski definition) is 1. The molecular weight excluding hydrogens is 238 g/mol. The molecule has 19 heavy (non-hydrogen) atoms. The van der Waals surface area contributed by atoms with Crippen LogP contribution in [0.3, 0.4) is 0 Å². The van der Waals surface area contributed by atoms with Gasteiger partial charge in [-0.2, -0.15) is 0 Å². The van der Waals surface area contributed by atoms with Crippen LogP contribution in [-0.4, -0.2) is 34.9 Å². The van der Waals surface area contributed by atoms with Crippen LogP contribution < -0.4 is 5.73 Å². The summed E-state index contributed by atoms with van der Waals surface area (Å²) in [6.07, 6.45) is 7.24. The van der Waals surface area contributed by atoms with E-state index in [4.69, 9.17) is 5.73 Å². The van der Waals surface area contributed by atoms with Gasteiger partial charge in [-0.3, -0.25) is 9.78 Å². The number of nitrogens with two attached hydrogens (primary N) is 1. The first-order valence-corrected chi connectivity index (χ1v) is 7.16. The topological polar surface area (TPSA) is 59.2 Å². The smallest absolute Gasteiger partial charge is 0.255 e. The molecule has 0 aromatic carbocycles. The molecule has 0 aliphatic heterocycles. The van der Waals surface area contributed by atoms with Gasteiger partial charge in [0.05, 0.1) is 5.56 Å². The Labute approximate surface area is 115 Å². The molecule has 1 saturated carbocycles. The highest BCUT2D eigenvalue weighted by Crippen LogP contribution is 2.25. The predicted octanol–water partition coefficient (Wildman–Crippen LogP) is 2.12. The van der Waals surface area contributed by atoms with E-state index in [-0.39, 0.29) is 5.91 Å². The maximum atomic E-state index is 12.6. The van der Waals surface area contributed by atoms with Gasteiger partial charge in [0, 0.05) is 24.5 Å². The van der Waals surface area contributed by atoms with Crippen molar-refractivity contribution in [3.63, 3.8) is 0 Å². The van der Waals surface area contributed by atoms with E-state index in [0.717, 1.165) is 31.5 Å². The van der Waals surface area contributed by atoms with Gasteiger partial charge in [0.15, 0.2) is 0 Å². The van der Waals surface area contributed by atoms with E-state index in [9.17, 15) is 4.79 Å². The van der Waals surface area contributed by atoms with Crippen molar-refractivity contribution in [3.8, 4) is 0 Å². The highest BCUT2D eigenvalue weighted by molar-refractivity contribution is 5.94. The summed E-state index contributed by atoms with van der Waals surface area (Å²) in [5.41, 5.74) is 7.21. The molecule has 1 fully saturated rings. The summed E-state index contributed by atoms with van der Waals surface area (Å²) in [6, 6.07) is 4.15. The Morgan fingerprint density at radius 1 is 1.42 bits per heavy atom. The zero-order chi connectivity index (χ0) is 13.7. The number of carbonyl (C=O) groups is 1. The number of rotatable bonds is 5. The van der Waals surface area contributed by atoms with Gasteiger partial charge < -0.3 is 10.6 Å². The summed E-state index contributed by atoms with van der Waals surface area (Å²) in [6.45, 7) is 3.31. The van der Waals surface area contributed by atoms with Crippen molar-refractivity contribution in [2.75, 3.05) is 13.1 Å². The average Bonchev–Trinajstić information content (AvgIpc) is 2.94. The molecule has 1 aromatic rings. The van der Waals surface area contributed by atoms with E-state index in [1.165, 1.54) is 12.8 Å². The third-order valence-corrected chi connectivity index (χ3v) is 3.79. The third-order valence-electron chi connectivity index (χ3n) is 3.79. The summed E-state index contributed by atoms with van der Waals surface area (Å²) >= 11 is 0. The molecule has 1 amide bonds. The first-order chi connectivity index (χ1) is 9.22. The molecule has 0 spiro atoms. The average molecular weight is 261 g/mol. The minimum Gasteiger partial charge on any atom is -0.336 e. The molecule has 0 atom stereocenters. The van der Waals surface area contributed by atoms with Gasteiger partial charge in [-0.05, 0) is 44.9 Å². The van der Waals surface area contributed by atoms with Gasteiger partial charge >= 0.3 is 0 Å². The van der Waals surface area contributed by atoms with Gasteiger partial charge in [-0.15, -0.1) is 0 Å². The molecule has 2 N–H and O–H groups in total. The van der Waals surface area contributed by atoms with Crippen molar-refractivity contribution in [2.45, 2.75) is 45.1 Å². The van der Waals surface area contributed by atoms with Crippen LogP contribution in [0, 0.1) is 6.92 Å². The third kappa shape index (κ3) is 3.53. The zero-order valence-corrected chi connectivity index (χ0v) is 11.6. The summed E-state index contributed by atoms with van der Waals surface area (Å²) in [5, 5.41) is 0. The number of hydrogen-bond acceptors (Lipinski definition) is 3. The number of amides is 1. The van der Waals surface area contributed by atoms with Crippen molar-refractivity contribution in [1.29, 1.82) is 0 Å². The molecule has 0 unspecified atom stereocenters. The Hall–Kier alpha value is -1.42. The quantitative estimate of drug-likeness (QED) is 0.883. The van der Waals surface area contributed by atoms with Gasteiger partial charge in [-0.1, -0.05) is 12.8 Å². The van der Waals surface area contributed by atoms with Gasteiger partial charge in [0.25, 0.3) is 5.91 Å². The van der Waals surface area contributed by atoms with Gasteiger partial charge in [0.2, 0.25) is 0 Å². The molecule has 4 heteroatoms. The van der Waals surface area contributed by atoms with E-state index in [2.05, 4.69) is 4.98 Å². The van der Waals surface area contributed by atoms with Crippen molar-refractivity contribution in [1.82, 2.24) is 9.88 Å². The fraction of sp³-hybridized carbons (Fsp3) is 0.600. The maximum Gasteiger partial charge on any atom is 0.255 e. The lowest BCUT2D eigenvalue weighted by atomic mass is 10.1. The first kappa shape index (κ1) is 14.0. The van der Waals surface area contributed by atoms with Crippen LogP contribution in [0.5, 0.6) is 0 Å². The van der Waals surface area contributed by atoms with E-state index in [1.54, 1.807) is 6.20 Å². The number of carbonyl (C=O) groups excluding carboxylic acids is 1. The van der Waals surface area contributed by atoms with E-state index < -0.39 is 0 Å². The SMILES string of the molecule is Cc1ccc(C(=O)N(CCCN)C2CCCC2)cn1. The molecule has 0 bridgehead atoms. The van der Waals surface area contributed by atoms with Crippen molar-refractivity contribution >= 4 is 5.91 Å². The standard InChI is InChI=1S/C15H23N3O/c1-12-7-8-13(11-17-12)15(19)18(10-4-9-16)14-5-2-3-6-14/h7-8,11,14H,2-6,9-10,16H2,1H3. The normalized spacial score (nSPS) is 15.7. The maximum absolute atomic E-state index is 12.6. The van der Waals surface area contributed by atoms with Crippen molar-refractivity contribution in [3.05, 3.63) is 29.6 Å². The van der Waals surface area contributed by atoms with Crippen LogP contribution in [0.1, 0.15) is 48.2 Å². The number of aryl methyl sites for hydroxylation is 1. The molecule has 1 aliphatic carbocycles. The molecule has 1 heterocycles. The lowest BCUT2D eigenvalue weighted by Gasteiger charge is -2.29. The minimum absolute atomic E-state index is 0.104. The highest BCUT2D eigenvalue weighted by Gasteiger charge is 2.26. The summed E-state index contributed by atoms with van der Waals surface area (Å²) in [7, 11) is 0. The second-order valence-electron chi connectivity index (χ2n) is 5.27. The number of aromatic nitrogens is 1. The Kier molecular flexibility index (Phi) is 4.91. The van der Waals surface area contributed by atoms with Gasteiger partial charge in [-0.25, -0.2) is 0 Å². The zero-order valence-electron chi connectivity index (χ0n) is 11.6. The van der Waals surface area contributed by atoms with Crippen LogP contribution in [0.2, 0.25) is 0 Å². The van der Waals surface area contributed by atoms with E-state index in [0.29, 0.717) is 18.2 Å². The summed E-state index contributed by atoms with van der Waals surface area (Å²) in [5.74, 6) is 0.104. The van der Waals surface area contributed by atoms with Crippen molar-refractivity contribution < 1.29 is 4.79 Å². The van der Waals surface area contributed by atoms with E-state index >= 15 is 0 Å². The van der Waals surface area contributed by atoms with Crippen LogP contribution >= 0.6 is 0 Å². The molecule has 4 nitrogen and oxygen atoms in total. The lowest BCUT2D eigenvalue weighted by Crippen LogP contribution is -2.40. The Balaban J connectivity index is 2.11. The molecular formula is C15H23N3O. The second-order valence-corrected chi connectivity index (χ2v) is 5.27. The van der Waals surface area contributed by atoms with Crippen LogP contribution in [0.25, 0.3) is 0 Å². The Morgan fingerprint density at radius 2 is 2.16 bits per heavy atom. The van der Waals surface area contributed by atoms with Crippen molar-refractivity contribution in [2.24, 2.45) is 5.73 Å². The molecule has 1 aliphatic rings. The fourth-order valence-electron chi connectivity index (χ4n) is 2.69. The van der Waals surface area contributed by atoms with Crippen LogP contribution in [0.15, 0.2) is 18.3 Å². The summed E-state index contributed by atoms with van der Waals surface area (Å²) < 4.78 is 0. The number of pyridine rings is 1. The monoisotopic (exact) mass is 261 g/mol. The minimum atomic E-state index is 0.104. The second kappa shape index (κ2) is 6.66. The fourth-order valence-corrected chi connectivity index (χ4v) is 2.69. The Morgan fingerprint density at radius 3 is 2.74 bits per heavy atom. The molecule has 2 rings (SSSR count). The molecule has 104 valence electrons. The summed E-state index contributed by atoms with van der Waals surface area (Å²) in [4.78, 5) is 18.8. The predicted molar refractivity (Wildman–Crippen MR) is 75.9 cm³/mol. The number of nitrogens with zero attached hydrogens (tertiary/aromatic N) is 2. The van der Waals surface area contributed by atoms with Crippen LogP contribution in [0.4, 0.5) is 0 Å². The highest BCUT2D eigenvalue weighted by atomic mass is 16.2.